The van der Waals surface area contributed by atoms with Crippen LogP contribution in [0.4, 0.5) is 0 Å². The molecule has 124 valence electrons. The Bertz CT molecular complexity index is 834. The maximum atomic E-state index is 12.7. The first-order chi connectivity index (χ1) is 11.6. The maximum absolute atomic E-state index is 12.7. The van der Waals surface area contributed by atoms with Crippen LogP contribution in [-0.4, -0.2) is 37.6 Å². The minimum absolute atomic E-state index is 0.102. The van der Waals surface area contributed by atoms with Gasteiger partial charge in [0.1, 0.15) is 11.5 Å². The van der Waals surface area contributed by atoms with Gasteiger partial charge >= 0.3 is 0 Å². The summed E-state index contributed by atoms with van der Waals surface area (Å²) in [6.45, 7) is 5.22. The molecule has 0 spiro atoms. The van der Waals surface area contributed by atoms with Crippen molar-refractivity contribution in [3.05, 3.63) is 59.7 Å². The first kappa shape index (κ1) is 16.0. The van der Waals surface area contributed by atoms with Gasteiger partial charge in [0.05, 0.1) is 6.20 Å². The molecule has 1 amide bonds. The van der Waals surface area contributed by atoms with E-state index < -0.39 is 0 Å². The highest BCUT2D eigenvalue weighted by Crippen LogP contribution is 2.19. The lowest BCUT2D eigenvalue weighted by Gasteiger charge is -2.15. The van der Waals surface area contributed by atoms with Crippen LogP contribution < -0.4 is 0 Å². The number of benzene rings is 1. The first-order valence-corrected chi connectivity index (χ1v) is 7.97. The number of nitrogens with zero attached hydrogens (tertiary/aromatic N) is 4. The van der Waals surface area contributed by atoms with E-state index in [1.807, 2.05) is 55.1 Å². The summed E-state index contributed by atoms with van der Waals surface area (Å²) in [5.74, 6) is 0.610. The van der Waals surface area contributed by atoms with Crippen LogP contribution in [0.1, 0.15) is 28.7 Å². The molecular formula is C18H21N5O. The molecule has 0 fully saturated rings. The Balaban J connectivity index is 1.78. The predicted octanol–water partition coefficient (Wildman–Crippen LogP) is 2.87. The molecule has 2 aromatic heterocycles. The highest BCUT2D eigenvalue weighted by molar-refractivity contribution is 5.93. The van der Waals surface area contributed by atoms with Crippen molar-refractivity contribution >= 4 is 5.91 Å². The molecule has 0 saturated carbocycles. The average molecular weight is 323 g/mol. The molecule has 1 N–H and O–H groups in total. The topological polar surface area (TPSA) is 66.8 Å². The maximum Gasteiger partial charge on any atom is 0.274 e. The standard InChI is InChI=1S/C18H21N5O/c1-4-23-12-14(10-19-23)11-22(3)18(24)16-13(2)20-17(21-16)15-8-6-5-7-9-15/h5-10,12H,4,11H2,1-3H3,(H,20,21). The number of nitrogens with one attached hydrogen (secondary N) is 1. The number of aromatic amines is 1. The van der Waals surface area contributed by atoms with Gasteiger partial charge in [0.25, 0.3) is 5.91 Å². The molecule has 0 atom stereocenters. The van der Waals surface area contributed by atoms with E-state index in [0.717, 1.165) is 23.4 Å². The van der Waals surface area contributed by atoms with Crippen LogP contribution in [0.3, 0.4) is 0 Å². The summed E-state index contributed by atoms with van der Waals surface area (Å²) in [6.07, 6.45) is 3.75. The number of aromatic nitrogens is 4. The molecule has 6 heteroatoms. The third kappa shape index (κ3) is 3.22. The molecule has 2 heterocycles. The summed E-state index contributed by atoms with van der Waals surface area (Å²) in [5.41, 5.74) is 3.20. The zero-order chi connectivity index (χ0) is 17.1. The molecule has 0 radical (unpaired) electrons. The smallest absolute Gasteiger partial charge is 0.274 e. The van der Waals surface area contributed by atoms with Gasteiger partial charge in [-0.1, -0.05) is 30.3 Å². The number of carbonyl (C=O) groups excluding carboxylic acids is 1. The van der Waals surface area contributed by atoms with Crippen molar-refractivity contribution in [3.8, 4) is 11.4 Å². The summed E-state index contributed by atoms with van der Waals surface area (Å²) < 4.78 is 1.85. The van der Waals surface area contributed by atoms with Crippen molar-refractivity contribution in [2.45, 2.75) is 26.9 Å². The van der Waals surface area contributed by atoms with E-state index in [0.29, 0.717) is 18.1 Å². The van der Waals surface area contributed by atoms with Gasteiger partial charge < -0.3 is 9.88 Å². The zero-order valence-corrected chi connectivity index (χ0v) is 14.2. The monoisotopic (exact) mass is 323 g/mol. The van der Waals surface area contributed by atoms with Crippen molar-refractivity contribution in [1.82, 2.24) is 24.6 Å². The van der Waals surface area contributed by atoms with E-state index in [1.54, 1.807) is 18.1 Å². The van der Waals surface area contributed by atoms with Crippen LogP contribution in [0.25, 0.3) is 11.4 Å². The molecule has 0 bridgehead atoms. The summed E-state index contributed by atoms with van der Waals surface area (Å²) in [7, 11) is 1.78. The summed E-state index contributed by atoms with van der Waals surface area (Å²) in [5, 5.41) is 4.24. The Labute approximate surface area is 141 Å². The van der Waals surface area contributed by atoms with E-state index in [-0.39, 0.29) is 5.91 Å². The fourth-order valence-corrected chi connectivity index (χ4v) is 2.59. The van der Waals surface area contributed by atoms with Crippen LogP contribution in [0.15, 0.2) is 42.7 Å². The van der Waals surface area contributed by atoms with E-state index in [9.17, 15) is 4.79 Å². The normalized spacial score (nSPS) is 10.8. The first-order valence-electron chi connectivity index (χ1n) is 7.97. The van der Waals surface area contributed by atoms with E-state index in [4.69, 9.17) is 0 Å². The second-order valence-corrected chi connectivity index (χ2v) is 5.79. The predicted molar refractivity (Wildman–Crippen MR) is 92.5 cm³/mol. The molecule has 3 rings (SSSR count). The summed E-state index contributed by atoms with van der Waals surface area (Å²) >= 11 is 0. The second kappa shape index (κ2) is 6.70. The lowest BCUT2D eigenvalue weighted by atomic mass is 10.2. The molecular weight excluding hydrogens is 302 g/mol. The van der Waals surface area contributed by atoms with Crippen molar-refractivity contribution in [3.63, 3.8) is 0 Å². The van der Waals surface area contributed by atoms with Gasteiger partial charge in [-0.3, -0.25) is 9.48 Å². The lowest BCUT2D eigenvalue weighted by molar-refractivity contribution is 0.0779. The zero-order valence-electron chi connectivity index (χ0n) is 14.2. The molecule has 0 aliphatic heterocycles. The van der Waals surface area contributed by atoms with Gasteiger partial charge in [-0.2, -0.15) is 5.10 Å². The SMILES string of the molecule is CCn1cc(CN(C)C(=O)c2nc(-c3ccccc3)[nH]c2C)cn1. The van der Waals surface area contributed by atoms with Crippen molar-refractivity contribution in [2.24, 2.45) is 0 Å². The van der Waals surface area contributed by atoms with Crippen LogP contribution in [0.5, 0.6) is 0 Å². The fourth-order valence-electron chi connectivity index (χ4n) is 2.59. The Morgan fingerprint density at radius 1 is 1.29 bits per heavy atom. The second-order valence-electron chi connectivity index (χ2n) is 5.79. The molecule has 1 aromatic carbocycles. The quantitative estimate of drug-likeness (QED) is 0.785. The molecule has 0 aliphatic rings. The van der Waals surface area contributed by atoms with Gasteiger partial charge in [-0.15, -0.1) is 0 Å². The van der Waals surface area contributed by atoms with Crippen molar-refractivity contribution in [2.75, 3.05) is 7.05 Å². The lowest BCUT2D eigenvalue weighted by Crippen LogP contribution is -2.27. The molecule has 0 aliphatic carbocycles. The fraction of sp³-hybridized carbons (Fsp3) is 0.278. The van der Waals surface area contributed by atoms with Crippen molar-refractivity contribution in [1.29, 1.82) is 0 Å². The van der Waals surface area contributed by atoms with Crippen molar-refractivity contribution < 1.29 is 4.79 Å². The Morgan fingerprint density at radius 3 is 2.71 bits per heavy atom. The van der Waals surface area contributed by atoms with Gasteiger partial charge in [0.15, 0.2) is 0 Å². The number of aryl methyl sites for hydroxylation is 2. The van der Waals surface area contributed by atoms with Gasteiger partial charge in [-0.05, 0) is 13.8 Å². The number of carbonyl (C=O) groups is 1. The molecule has 0 saturated heterocycles. The molecule has 24 heavy (non-hydrogen) atoms. The van der Waals surface area contributed by atoms with Crippen LogP contribution in [0.2, 0.25) is 0 Å². The number of hydrogen-bond donors (Lipinski definition) is 1. The highest BCUT2D eigenvalue weighted by Gasteiger charge is 2.19. The van der Waals surface area contributed by atoms with E-state index in [2.05, 4.69) is 15.1 Å². The minimum Gasteiger partial charge on any atom is -0.341 e. The highest BCUT2D eigenvalue weighted by atomic mass is 16.2. The average Bonchev–Trinajstić information content (AvgIpc) is 3.21. The van der Waals surface area contributed by atoms with Crippen LogP contribution in [-0.2, 0) is 13.1 Å². The third-order valence-corrected chi connectivity index (χ3v) is 3.91. The Morgan fingerprint density at radius 2 is 2.04 bits per heavy atom. The van der Waals surface area contributed by atoms with Gasteiger partial charge in [0.2, 0.25) is 0 Å². The molecule has 0 unspecified atom stereocenters. The Hall–Kier alpha value is -2.89. The Kier molecular flexibility index (Phi) is 4.46. The van der Waals surface area contributed by atoms with Gasteiger partial charge in [-0.25, -0.2) is 4.98 Å². The molecule has 3 aromatic rings. The third-order valence-electron chi connectivity index (χ3n) is 3.91. The number of hydrogen-bond acceptors (Lipinski definition) is 3. The number of imidazole rings is 1. The summed E-state index contributed by atoms with van der Waals surface area (Å²) in [6, 6.07) is 9.79. The number of H-pyrrole nitrogens is 1. The summed E-state index contributed by atoms with van der Waals surface area (Å²) in [4.78, 5) is 22.1. The number of rotatable bonds is 5. The minimum atomic E-state index is -0.102. The van der Waals surface area contributed by atoms with Crippen LogP contribution >= 0.6 is 0 Å². The van der Waals surface area contributed by atoms with Gasteiger partial charge in [0, 0.05) is 43.2 Å². The van der Waals surface area contributed by atoms with E-state index >= 15 is 0 Å². The molecule has 6 nitrogen and oxygen atoms in total. The number of amides is 1. The van der Waals surface area contributed by atoms with E-state index in [1.165, 1.54) is 0 Å². The largest absolute Gasteiger partial charge is 0.341 e. The van der Waals surface area contributed by atoms with Crippen LogP contribution in [0, 0.1) is 6.92 Å².